The van der Waals surface area contributed by atoms with E-state index in [0.29, 0.717) is 6.42 Å². The number of Topliss-reactive ketones (excluding diaryl/α,β-unsaturated/α-hetero) is 1. The van der Waals surface area contributed by atoms with Crippen LogP contribution < -0.4 is 4.74 Å². The number of aryl methyl sites for hydroxylation is 1. The van der Waals surface area contributed by atoms with Crippen molar-refractivity contribution in [3.8, 4) is 5.75 Å². The van der Waals surface area contributed by atoms with Crippen LogP contribution in [-0.4, -0.2) is 41.7 Å². The SMILES string of the molecule is Cc1cc(OC(F)(F)F)ccc1SN1CCC2(CC1)CC(=O)CO2. The summed E-state index contributed by atoms with van der Waals surface area (Å²) in [5.41, 5.74) is 0.433. The number of alkyl halides is 3. The monoisotopic (exact) mass is 361 g/mol. The maximum Gasteiger partial charge on any atom is 0.573 e. The first-order valence-electron chi connectivity index (χ1n) is 7.70. The number of nitrogens with zero attached hydrogens (tertiary/aromatic N) is 1. The maximum atomic E-state index is 12.2. The first-order valence-corrected chi connectivity index (χ1v) is 8.47. The minimum absolute atomic E-state index is 0.159. The van der Waals surface area contributed by atoms with Crippen molar-refractivity contribution in [3.05, 3.63) is 23.8 Å². The van der Waals surface area contributed by atoms with Gasteiger partial charge in [0.05, 0.1) is 5.60 Å². The molecule has 24 heavy (non-hydrogen) atoms. The van der Waals surface area contributed by atoms with Crippen LogP contribution in [0.15, 0.2) is 23.1 Å². The molecule has 0 aromatic heterocycles. The summed E-state index contributed by atoms with van der Waals surface area (Å²) in [5, 5.41) is 0. The van der Waals surface area contributed by atoms with E-state index in [0.717, 1.165) is 36.4 Å². The minimum atomic E-state index is -4.68. The molecule has 0 N–H and O–H groups in total. The van der Waals surface area contributed by atoms with Crippen molar-refractivity contribution >= 4 is 17.7 Å². The standard InChI is InChI=1S/C16H18F3NO3S/c1-11-8-13(23-16(17,18)19)2-3-14(11)24-20-6-4-15(5-7-20)9-12(21)10-22-15/h2-3,8H,4-7,9-10H2,1H3. The highest BCUT2D eigenvalue weighted by molar-refractivity contribution is 7.97. The molecule has 0 radical (unpaired) electrons. The molecule has 3 rings (SSSR count). The Bertz CT molecular complexity index is 627. The molecule has 4 nitrogen and oxygen atoms in total. The highest BCUT2D eigenvalue weighted by Gasteiger charge is 2.42. The molecular formula is C16H18F3NO3S. The van der Waals surface area contributed by atoms with Gasteiger partial charge in [-0.3, -0.25) is 4.79 Å². The molecule has 1 spiro atoms. The van der Waals surface area contributed by atoms with Gasteiger partial charge in [0, 0.05) is 24.4 Å². The zero-order valence-corrected chi connectivity index (χ0v) is 14.0. The lowest BCUT2D eigenvalue weighted by Gasteiger charge is -2.37. The van der Waals surface area contributed by atoms with Crippen LogP contribution in [-0.2, 0) is 9.53 Å². The van der Waals surface area contributed by atoms with Crippen LogP contribution >= 0.6 is 11.9 Å². The normalized spacial score (nSPS) is 21.4. The Morgan fingerprint density at radius 3 is 2.54 bits per heavy atom. The lowest BCUT2D eigenvalue weighted by molar-refractivity contribution is -0.274. The van der Waals surface area contributed by atoms with Gasteiger partial charge in [-0.05, 0) is 55.5 Å². The molecule has 0 unspecified atom stereocenters. The molecule has 2 aliphatic heterocycles. The van der Waals surface area contributed by atoms with E-state index < -0.39 is 6.36 Å². The smallest absolute Gasteiger partial charge is 0.406 e. The van der Waals surface area contributed by atoms with Crippen molar-refractivity contribution in [1.82, 2.24) is 4.31 Å². The van der Waals surface area contributed by atoms with E-state index in [-0.39, 0.29) is 23.7 Å². The number of piperidine rings is 1. The second-order valence-corrected chi connectivity index (χ2v) is 7.32. The zero-order valence-electron chi connectivity index (χ0n) is 13.2. The molecule has 8 heteroatoms. The third-order valence-electron chi connectivity index (χ3n) is 4.30. The number of ether oxygens (including phenoxy) is 2. The predicted molar refractivity (Wildman–Crippen MR) is 82.8 cm³/mol. The maximum absolute atomic E-state index is 12.2. The minimum Gasteiger partial charge on any atom is -0.406 e. The van der Waals surface area contributed by atoms with Crippen LogP contribution in [0.25, 0.3) is 0 Å². The van der Waals surface area contributed by atoms with E-state index in [1.165, 1.54) is 24.1 Å². The first kappa shape index (κ1) is 17.6. The van der Waals surface area contributed by atoms with Crippen LogP contribution in [0, 0.1) is 6.92 Å². The summed E-state index contributed by atoms with van der Waals surface area (Å²) in [7, 11) is 0. The Hall–Kier alpha value is -1.25. The molecule has 1 aromatic carbocycles. The number of rotatable bonds is 3. The Morgan fingerprint density at radius 1 is 1.29 bits per heavy atom. The number of halogens is 3. The molecule has 0 saturated carbocycles. The van der Waals surface area contributed by atoms with Gasteiger partial charge in [-0.2, -0.15) is 0 Å². The van der Waals surface area contributed by atoms with Gasteiger partial charge < -0.3 is 9.47 Å². The molecule has 0 aliphatic carbocycles. The van der Waals surface area contributed by atoms with Crippen molar-refractivity contribution in [2.75, 3.05) is 19.7 Å². The zero-order chi connectivity index (χ0) is 17.4. The van der Waals surface area contributed by atoms with E-state index in [1.54, 1.807) is 13.0 Å². The summed E-state index contributed by atoms with van der Waals surface area (Å²) in [5.74, 6) is -0.0491. The lowest BCUT2D eigenvalue weighted by atomic mass is 9.89. The Kier molecular flexibility index (Phi) is 4.81. The molecule has 2 fully saturated rings. The predicted octanol–water partition coefficient (Wildman–Crippen LogP) is 3.72. The van der Waals surface area contributed by atoms with Crippen molar-refractivity contribution in [1.29, 1.82) is 0 Å². The second kappa shape index (κ2) is 6.57. The van der Waals surface area contributed by atoms with Gasteiger partial charge in [-0.15, -0.1) is 13.2 Å². The lowest BCUT2D eigenvalue weighted by Crippen LogP contribution is -2.41. The Morgan fingerprint density at radius 2 is 2.00 bits per heavy atom. The highest BCUT2D eigenvalue weighted by atomic mass is 32.2. The van der Waals surface area contributed by atoms with E-state index in [2.05, 4.69) is 9.04 Å². The van der Waals surface area contributed by atoms with E-state index in [9.17, 15) is 18.0 Å². The van der Waals surface area contributed by atoms with Gasteiger partial charge in [0.1, 0.15) is 12.4 Å². The fraction of sp³-hybridized carbons (Fsp3) is 0.562. The molecule has 2 heterocycles. The highest BCUT2D eigenvalue weighted by Crippen LogP contribution is 2.38. The van der Waals surface area contributed by atoms with E-state index in [4.69, 9.17) is 4.74 Å². The number of hydrogen-bond acceptors (Lipinski definition) is 5. The van der Waals surface area contributed by atoms with Crippen LogP contribution in [0.5, 0.6) is 5.75 Å². The Labute approximate surface area is 142 Å². The molecule has 0 atom stereocenters. The largest absolute Gasteiger partial charge is 0.573 e. The number of ketones is 1. The first-order chi connectivity index (χ1) is 11.2. The molecular weight excluding hydrogens is 343 g/mol. The van der Waals surface area contributed by atoms with Gasteiger partial charge in [-0.25, -0.2) is 4.31 Å². The van der Waals surface area contributed by atoms with Gasteiger partial charge in [0.2, 0.25) is 0 Å². The third kappa shape index (κ3) is 4.23. The third-order valence-corrected chi connectivity index (χ3v) is 5.58. The average Bonchev–Trinajstić information content (AvgIpc) is 2.84. The molecule has 0 amide bonds. The number of hydrogen-bond donors (Lipinski definition) is 0. The molecule has 2 aliphatic rings. The number of benzene rings is 1. The fourth-order valence-electron chi connectivity index (χ4n) is 3.06. The molecule has 2 saturated heterocycles. The summed E-state index contributed by atoms with van der Waals surface area (Å²) in [6, 6.07) is 4.36. The fourth-order valence-corrected chi connectivity index (χ4v) is 4.04. The van der Waals surface area contributed by atoms with Crippen LogP contribution in [0.1, 0.15) is 24.8 Å². The summed E-state index contributed by atoms with van der Waals surface area (Å²) in [6.07, 6.45) is -2.60. The second-order valence-electron chi connectivity index (χ2n) is 6.18. The van der Waals surface area contributed by atoms with Gasteiger partial charge in [-0.1, -0.05) is 0 Å². The number of carbonyl (C=O) groups is 1. The van der Waals surface area contributed by atoms with Crippen LogP contribution in [0.2, 0.25) is 0 Å². The molecule has 0 bridgehead atoms. The summed E-state index contributed by atoms with van der Waals surface area (Å²) >= 11 is 1.52. The van der Waals surface area contributed by atoms with Crippen molar-refractivity contribution < 1.29 is 27.4 Å². The summed E-state index contributed by atoms with van der Waals surface area (Å²) in [6.45, 7) is 3.53. The molecule has 132 valence electrons. The number of carbonyl (C=O) groups excluding carboxylic acids is 1. The average molecular weight is 361 g/mol. The topological polar surface area (TPSA) is 38.8 Å². The van der Waals surface area contributed by atoms with Gasteiger partial charge in [0.25, 0.3) is 0 Å². The summed E-state index contributed by atoms with van der Waals surface area (Å²) < 4.78 is 48.5. The molecule has 1 aromatic rings. The van der Waals surface area contributed by atoms with Crippen molar-refractivity contribution in [2.24, 2.45) is 0 Å². The summed E-state index contributed by atoms with van der Waals surface area (Å²) in [4.78, 5) is 12.3. The van der Waals surface area contributed by atoms with E-state index >= 15 is 0 Å². The van der Waals surface area contributed by atoms with Crippen LogP contribution in [0.4, 0.5) is 13.2 Å². The van der Waals surface area contributed by atoms with Crippen LogP contribution in [0.3, 0.4) is 0 Å². The quantitative estimate of drug-likeness (QED) is 0.767. The Balaban J connectivity index is 1.58. The van der Waals surface area contributed by atoms with Gasteiger partial charge >= 0.3 is 6.36 Å². The van der Waals surface area contributed by atoms with E-state index in [1.807, 2.05) is 0 Å². The van der Waals surface area contributed by atoms with Crippen molar-refractivity contribution in [3.63, 3.8) is 0 Å². The van der Waals surface area contributed by atoms with Gasteiger partial charge in [0.15, 0.2) is 5.78 Å². The van der Waals surface area contributed by atoms with Crippen molar-refractivity contribution in [2.45, 2.75) is 43.0 Å².